The zero-order valence-corrected chi connectivity index (χ0v) is 12.7. The van der Waals surface area contributed by atoms with Gasteiger partial charge < -0.3 is 20.0 Å². The minimum atomic E-state index is -1.80. The van der Waals surface area contributed by atoms with Crippen molar-refractivity contribution in [2.75, 3.05) is 19.7 Å². The quantitative estimate of drug-likeness (QED) is 0.659. The number of hydrogen-bond donors (Lipinski definition) is 3. The molecule has 1 rings (SSSR count). The largest absolute Gasteiger partial charge is 0.412 e. The fraction of sp³-hybridized carbons (Fsp3) is 1.00. The van der Waals surface area contributed by atoms with Crippen molar-refractivity contribution in [3.05, 3.63) is 0 Å². The summed E-state index contributed by atoms with van der Waals surface area (Å²) in [5, 5.41) is 22.2. The summed E-state index contributed by atoms with van der Waals surface area (Å²) < 4.78 is 6.30. The SMILES string of the molecule is CC(C)(C)[Si](C)(C)O[C@@H]1CNC[C@H]1[C@@H](O)CO. The summed E-state index contributed by atoms with van der Waals surface area (Å²) in [7, 11) is -1.80. The van der Waals surface area contributed by atoms with Crippen LogP contribution < -0.4 is 5.32 Å². The molecule has 0 aromatic heterocycles. The first-order valence-electron chi connectivity index (χ1n) is 6.36. The van der Waals surface area contributed by atoms with E-state index in [9.17, 15) is 5.11 Å². The molecule has 4 nitrogen and oxygen atoms in total. The van der Waals surface area contributed by atoms with Gasteiger partial charge in [-0.3, -0.25) is 0 Å². The normalized spacial score (nSPS) is 28.4. The van der Waals surface area contributed by atoms with Crippen molar-refractivity contribution in [1.82, 2.24) is 5.32 Å². The predicted octanol–water partition coefficient (Wildman–Crippen LogP) is 0.949. The zero-order chi connectivity index (χ0) is 13.3. The van der Waals surface area contributed by atoms with Gasteiger partial charge in [-0.2, -0.15) is 0 Å². The Bertz CT molecular complexity index is 253. The highest BCUT2D eigenvalue weighted by molar-refractivity contribution is 6.74. The molecule has 5 heteroatoms. The molecule has 3 N–H and O–H groups in total. The third kappa shape index (κ3) is 3.51. The van der Waals surface area contributed by atoms with Crippen LogP contribution in [0.25, 0.3) is 0 Å². The summed E-state index contributed by atoms with van der Waals surface area (Å²) in [5.74, 6) is 0.00845. The van der Waals surface area contributed by atoms with Crippen molar-refractivity contribution in [1.29, 1.82) is 0 Å². The van der Waals surface area contributed by atoms with Gasteiger partial charge >= 0.3 is 0 Å². The molecular weight excluding hydrogens is 234 g/mol. The Hall–Kier alpha value is 0.0569. The average molecular weight is 261 g/mol. The minimum Gasteiger partial charge on any atom is -0.412 e. The van der Waals surface area contributed by atoms with Crippen LogP contribution in [-0.4, -0.2) is 50.4 Å². The predicted molar refractivity (Wildman–Crippen MR) is 71.5 cm³/mol. The molecule has 0 radical (unpaired) electrons. The standard InChI is InChI=1S/C12H27NO3Si/c1-12(2,3)17(4,5)16-11-7-13-6-9(11)10(15)8-14/h9-11,13-15H,6-8H2,1-5H3/t9-,10-,11+/m0/s1. The summed E-state index contributed by atoms with van der Waals surface area (Å²) in [6, 6.07) is 0. The van der Waals surface area contributed by atoms with Crippen LogP contribution in [0.3, 0.4) is 0 Å². The molecule has 0 bridgehead atoms. The Morgan fingerprint density at radius 2 is 1.94 bits per heavy atom. The number of rotatable bonds is 4. The molecule has 0 spiro atoms. The fourth-order valence-corrected chi connectivity index (χ4v) is 3.25. The third-order valence-electron chi connectivity index (χ3n) is 4.14. The van der Waals surface area contributed by atoms with E-state index in [1.54, 1.807) is 0 Å². The second-order valence-corrected chi connectivity index (χ2v) is 11.2. The van der Waals surface area contributed by atoms with Gasteiger partial charge in [-0.05, 0) is 18.1 Å². The van der Waals surface area contributed by atoms with Gasteiger partial charge in [0.2, 0.25) is 0 Å². The van der Waals surface area contributed by atoms with E-state index in [2.05, 4.69) is 39.2 Å². The second-order valence-electron chi connectivity index (χ2n) is 6.49. The Morgan fingerprint density at radius 1 is 1.35 bits per heavy atom. The van der Waals surface area contributed by atoms with Gasteiger partial charge in [0.1, 0.15) is 0 Å². The molecule has 1 heterocycles. The number of aliphatic hydroxyl groups excluding tert-OH is 2. The Labute approximate surface area is 106 Å². The van der Waals surface area contributed by atoms with E-state index in [-0.39, 0.29) is 23.7 Å². The Kier molecular flexibility index (Phi) is 4.77. The van der Waals surface area contributed by atoms with E-state index in [4.69, 9.17) is 9.53 Å². The Morgan fingerprint density at radius 3 is 2.41 bits per heavy atom. The molecule has 1 aliphatic rings. The van der Waals surface area contributed by atoms with Crippen LogP contribution in [0.4, 0.5) is 0 Å². The van der Waals surface area contributed by atoms with Crippen molar-refractivity contribution in [2.24, 2.45) is 5.92 Å². The van der Waals surface area contributed by atoms with Gasteiger partial charge in [-0.25, -0.2) is 0 Å². The maximum atomic E-state index is 9.77. The summed E-state index contributed by atoms with van der Waals surface area (Å²) in [5.41, 5.74) is 0. The van der Waals surface area contributed by atoms with Crippen molar-refractivity contribution >= 4 is 8.32 Å². The summed E-state index contributed by atoms with van der Waals surface area (Å²) >= 11 is 0. The van der Waals surface area contributed by atoms with E-state index in [0.29, 0.717) is 0 Å². The van der Waals surface area contributed by atoms with Gasteiger partial charge in [-0.1, -0.05) is 20.8 Å². The lowest BCUT2D eigenvalue weighted by atomic mass is 10.00. The molecule has 0 saturated carbocycles. The monoisotopic (exact) mass is 261 g/mol. The molecule has 0 amide bonds. The Balaban J connectivity index is 2.68. The highest BCUT2D eigenvalue weighted by atomic mass is 28.4. The van der Waals surface area contributed by atoms with Crippen molar-refractivity contribution < 1.29 is 14.6 Å². The maximum absolute atomic E-state index is 9.77. The molecule has 1 aliphatic heterocycles. The fourth-order valence-electron chi connectivity index (χ4n) is 1.88. The lowest BCUT2D eigenvalue weighted by molar-refractivity contribution is 0.0110. The molecular formula is C12H27NO3Si. The van der Waals surface area contributed by atoms with Crippen LogP contribution >= 0.6 is 0 Å². The molecule has 17 heavy (non-hydrogen) atoms. The zero-order valence-electron chi connectivity index (χ0n) is 11.7. The van der Waals surface area contributed by atoms with Gasteiger partial charge in [-0.15, -0.1) is 0 Å². The van der Waals surface area contributed by atoms with E-state index in [1.807, 2.05) is 0 Å². The summed E-state index contributed by atoms with van der Waals surface area (Å²) in [6.07, 6.45) is -0.655. The summed E-state index contributed by atoms with van der Waals surface area (Å²) in [6.45, 7) is 12.4. The molecule has 0 unspecified atom stereocenters. The van der Waals surface area contributed by atoms with Crippen molar-refractivity contribution in [3.63, 3.8) is 0 Å². The highest BCUT2D eigenvalue weighted by Crippen LogP contribution is 2.38. The van der Waals surface area contributed by atoms with Crippen LogP contribution in [0.2, 0.25) is 18.1 Å². The first-order chi connectivity index (χ1) is 7.69. The lowest BCUT2D eigenvalue weighted by Crippen LogP contribution is -2.47. The third-order valence-corrected chi connectivity index (χ3v) is 8.64. The second kappa shape index (κ2) is 5.36. The van der Waals surface area contributed by atoms with Crippen molar-refractivity contribution in [2.45, 2.75) is 51.1 Å². The van der Waals surface area contributed by atoms with E-state index in [1.165, 1.54) is 0 Å². The number of nitrogens with one attached hydrogen (secondary N) is 1. The lowest BCUT2D eigenvalue weighted by Gasteiger charge is -2.40. The molecule has 3 atom stereocenters. The topological polar surface area (TPSA) is 61.7 Å². The van der Waals surface area contributed by atoms with E-state index < -0.39 is 14.4 Å². The highest BCUT2D eigenvalue weighted by Gasteiger charge is 2.43. The number of aliphatic hydroxyl groups is 2. The van der Waals surface area contributed by atoms with Gasteiger partial charge in [0, 0.05) is 19.0 Å². The van der Waals surface area contributed by atoms with Crippen LogP contribution in [0.1, 0.15) is 20.8 Å². The minimum absolute atomic E-state index is 0.00845. The summed E-state index contributed by atoms with van der Waals surface area (Å²) in [4.78, 5) is 0. The molecule has 1 fully saturated rings. The van der Waals surface area contributed by atoms with Crippen LogP contribution in [-0.2, 0) is 4.43 Å². The number of hydrogen-bond acceptors (Lipinski definition) is 4. The molecule has 0 aliphatic carbocycles. The van der Waals surface area contributed by atoms with Crippen molar-refractivity contribution in [3.8, 4) is 0 Å². The first kappa shape index (κ1) is 15.1. The first-order valence-corrected chi connectivity index (χ1v) is 9.27. The van der Waals surface area contributed by atoms with E-state index >= 15 is 0 Å². The smallest absolute Gasteiger partial charge is 0.192 e. The molecule has 102 valence electrons. The molecule has 0 aromatic rings. The van der Waals surface area contributed by atoms with Gasteiger partial charge in [0.25, 0.3) is 0 Å². The maximum Gasteiger partial charge on any atom is 0.192 e. The van der Waals surface area contributed by atoms with E-state index in [0.717, 1.165) is 13.1 Å². The molecule has 1 saturated heterocycles. The van der Waals surface area contributed by atoms with Crippen LogP contribution in [0, 0.1) is 5.92 Å². The average Bonchev–Trinajstić information content (AvgIpc) is 2.62. The van der Waals surface area contributed by atoms with Crippen LogP contribution in [0.15, 0.2) is 0 Å². The molecule has 0 aromatic carbocycles. The van der Waals surface area contributed by atoms with Crippen LogP contribution in [0.5, 0.6) is 0 Å². The van der Waals surface area contributed by atoms with Gasteiger partial charge in [0.15, 0.2) is 8.32 Å². The van der Waals surface area contributed by atoms with Gasteiger partial charge in [0.05, 0.1) is 18.8 Å².